The first kappa shape index (κ1) is 14.4. The number of benzene rings is 1. The molecule has 1 aliphatic carbocycles. The average Bonchev–Trinajstić information content (AvgIpc) is 2.42. The Morgan fingerprint density at radius 1 is 1.30 bits per heavy atom. The second kappa shape index (κ2) is 5.57. The van der Waals surface area contributed by atoms with Crippen molar-refractivity contribution in [2.24, 2.45) is 5.41 Å². The van der Waals surface area contributed by atoms with Gasteiger partial charge in [-0.15, -0.1) is 0 Å². The van der Waals surface area contributed by atoms with Crippen molar-refractivity contribution < 1.29 is 19.1 Å². The van der Waals surface area contributed by atoms with Gasteiger partial charge in [-0.3, -0.25) is 14.4 Å². The molecule has 106 valence electrons. The van der Waals surface area contributed by atoms with Crippen LogP contribution in [-0.2, 0) is 20.7 Å². The molecule has 4 heteroatoms. The van der Waals surface area contributed by atoms with Crippen LogP contribution in [0.1, 0.15) is 42.6 Å². The molecule has 0 fully saturated rings. The molecule has 0 radical (unpaired) electrons. The third kappa shape index (κ3) is 2.38. The monoisotopic (exact) mass is 274 g/mol. The zero-order valence-electron chi connectivity index (χ0n) is 11.8. The van der Waals surface area contributed by atoms with Crippen molar-refractivity contribution >= 4 is 17.5 Å². The number of ether oxygens (including phenoxy) is 1. The number of esters is 1. The van der Waals surface area contributed by atoms with Gasteiger partial charge < -0.3 is 4.74 Å². The van der Waals surface area contributed by atoms with Crippen molar-refractivity contribution in [3.05, 3.63) is 35.4 Å². The Hall–Kier alpha value is -1.97. The Morgan fingerprint density at radius 2 is 2.00 bits per heavy atom. The highest BCUT2D eigenvalue weighted by Gasteiger charge is 2.50. The summed E-state index contributed by atoms with van der Waals surface area (Å²) < 4.78 is 5.06. The van der Waals surface area contributed by atoms with Gasteiger partial charge >= 0.3 is 5.97 Å². The Morgan fingerprint density at radius 3 is 2.65 bits per heavy atom. The van der Waals surface area contributed by atoms with Gasteiger partial charge in [-0.1, -0.05) is 24.3 Å². The van der Waals surface area contributed by atoms with E-state index in [2.05, 4.69) is 0 Å². The van der Waals surface area contributed by atoms with Crippen molar-refractivity contribution in [2.75, 3.05) is 6.61 Å². The number of hydrogen-bond donors (Lipinski definition) is 0. The summed E-state index contributed by atoms with van der Waals surface area (Å²) in [5, 5.41) is 0. The van der Waals surface area contributed by atoms with Gasteiger partial charge in [0.2, 0.25) is 0 Å². The van der Waals surface area contributed by atoms with Crippen LogP contribution < -0.4 is 0 Å². The highest BCUT2D eigenvalue weighted by Crippen LogP contribution is 2.39. The molecule has 20 heavy (non-hydrogen) atoms. The Kier molecular flexibility index (Phi) is 4.02. The molecule has 0 bridgehead atoms. The Bertz CT molecular complexity index is 561. The second-order valence-corrected chi connectivity index (χ2v) is 5.17. The molecule has 2 rings (SSSR count). The van der Waals surface area contributed by atoms with E-state index in [4.69, 9.17) is 4.74 Å². The molecule has 1 aliphatic rings. The van der Waals surface area contributed by atoms with Crippen LogP contribution >= 0.6 is 0 Å². The molecule has 0 amide bonds. The molecule has 0 aromatic heterocycles. The summed E-state index contributed by atoms with van der Waals surface area (Å²) in [7, 11) is 0. The topological polar surface area (TPSA) is 60.4 Å². The quantitative estimate of drug-likeness (QED) is 0.624. The lowest BCUT2D eigenvalue weighted by atomic mass is 9.68. The predicted octanol–water partition coefficient (Wildman–Crippen LogP) is 2.34. The smallest absolute Gasteiger partial charge is 0.320 e. The highest BCUT2D eigenvalue weighted by molar-refractivity contribution is 6.15. The maximum Gasteiger partial charge on any atom is 0.320 e. The number of aryl methyl sites for hydroxylation is 1. The third-order valence-corrected chi connectivity index (χ3v) is 3.73. The minimum absolute atomic E-state index is 0.0843. The lowest BCUT2D eigenvalue weighted by Gasteiger charge is -2.33. The van der Waals surface area contributed by atoms with Gasteiger partial charge in [0.25, 0.3) is 0 Å². The number of carbonyl (C=O) groups is 3. The molecule has 0 aliphatic heterocycles. The summed E-state index contributed by atoms with van der Waals surface area (Å²) >= 11 is 0. The first-order chi connectivity index (χ1) is 9.51. The number of fused-ring (bicyclic) bond motifs is 1. The molecule has 0 spiro atoms. The van der Waals surface area contributed by atoms with Crippen molar-refractivity contribution in [2.45, 2.75) is 33.1 Å². The van der Waals surface area contributed by atoms with E-state index in [9.17, 15) is 14.4 Å². The van der Waals surface area contributed by atoms with E-state index < -0.39 is 11.4 Å². The van der Waals surface area contributed by atoms with Gasteiger partial charge in [-0.25, -0.2) is 0 Å². The molecule has 0 saturated heterocycles. The van der Waals surface area contributed by atoms with E-state index >= 15 is 0 Å². The molecule has 1 aromatic carbocycles. The third-order valence-electron chi connectivity index (χ3n) is 3.73. The zero-order chi connectivity index (χ0) is 14.8. The molecular weight excluding hydrogens is 256 g/mol. The molecular formula is C16H18O4. The minimum Gasteiger partial charge on any atom is -0.465 e. The van der Waals surface area contributed by atoms with Crippen molar-refractivity contribution in [3.63, 3.8) is 0 Å². The first-order valence-corrected chi connectivity index (χ1v) is 6.80. The number of ketones is 2. The van der Waals surface area contributed by atoms with Gasteiger partial charge in [0, 0.05) is 12.0 Å². The van der Waals surface area contributed by atoms with Gasteiger partial charge in [0.15, 0.2) is 5.78 Å². The van der Waals surface area contributed by atoms with E-state index in [0.717, 1.165) is 5.56 Å². The maximum absolute atomic E-state index is 12.7. The predicted molar refractivity (Wildman–Crippen MR) is 73.5 cm³/mol. The molecule has 1 aromatic rings. The molecule has 0 saturated carbocycles. The van der Waals surface area contributed by atoms with E-state index in [0.29, 0.717) is 18.4 Å². The molecule has 4 nitrogen and oxygen atoms in total. The summed E-state index contributed by atoms with van der Waals surface area (Å²) in [4.78, 5) is 36.5. The van der Waals surface area contributed by atoms with E-state index in [1.807, 2.05) is 12.1 Å². The summed E-state index contributed by atoms with van der Waals surface area (Å²) in [6.45, 7) is 3.29. The van der Waals surface area contributed by atoms with Crippen molar-refractivity contribution in [1.82, 2.24) is 0 Å². The van der Waals surface area contributed by atoms with E-state index in [1.165, 1.54) is 6.92 Å². The van der Waals surface area contributed by atoms with Crippen molar-refractivity contribution in [3.8, 4) is 0 Å². The van der Waals surface area contributed by atoms with E-state index in [1.54, 1.807) is 19.1 Å². The fourth-order valence-corrected chi connectivity index (χ4v) is 2.81. The fraction of sp³-hybridized carbons (Fsp3) is 0.438. The fourth-order valence-electron chi connectivity index (χ4n) is 2.81. The summed E-state index contributed by atoms with van der Waals surface area (Å²) in [6, 6.07) is 7.24. The Balaban J connectivity index is 2.46. The van der Waals surface area contributed by atoms with Crippen LogP contribution in [0, 0.1) is 5.41 Å². The lowest BCUT2D eigenvalue weighted by Crippen LogP contribution is -2.45. The van der Waals surface area contributed by atoms with Crippen LogP contribution in [0.2, 0.25) is 0 Å². The lowest BCUT2D eigenvalue weighted by molar-refractivity contribution is -0.154. The average molecular weight is 274 g/mol. The van der Waals surface area contributed by atoms with Crippen LogP contribution in [0.3, 0.4) is 0 Å². The van der Waals surface area contributed by atoms with Gasteiger partial charge in [-0.2, -0.15) is 0 Å². The molecule has 1 atom stereocenters. The van der Waals surface area contributed by atoms with Crippen LogP contribution in [-0.4, -0.2) is 24.1 Å². The second-order valence-electron chi connectivity index (χ2n) is 5.17. The van der Waals surface area contributed by atoms with Crippen molar-refractivity contribution in [1.29, 1.82) is 0 Å². The number of hydrogen-bond acceptors (Lipinski definition) is 4. The van der Waals surface area contributed by atoms with Crippen LogP contribution in [0.4, 0.5) is 0 Å². The summed E-state index contributed by atoms with van der Waals surface area (Å²) in [5.74, 6) is -1.03. The summed E-state index contributed by atoms with van der Waals surface area (Å²) in [6.07, 6.45) is 0.855. The van der Waals surface area contributed by atoms with Crippen LogP contribution in [0.15, 0.2) is 24.3 Å². The maximum atomic E-state index is 12.7. The zero-order valence-corrected chi connectivity index (χ0v) is 11.8. The minimum atomic E-state index is -1.34. The number of Topliss-reactive ketones (excluding diaryl/α,β-unsaturated/α-hetero) is 2. The number of rotatable bonds is 4. The van der Waals surface area contributed by atoms with Crippen LogP contribution in [0.25, 0.3) is 0 Å². The van der Waals surface area contributed by atoms with Gasteiger partial charge in [0.1, 0.15) is 11.2 Å². The highest BCUT2D eigenvalue weighted by atomic mass is 16.5. The van der Waals surface area contributed by atoms with Crippen LogP contribution in [0.5, 0.6) is 0 Å². The first-order valence-electron chi connectivity index (χ1n) is 6.80. The summed E-state index contributed by atoms with van der Waals surface area (Å²) in [5.41, 5.74) is 0.130. The number of carbonyl (C=O) groups excluding carboxylic acids is 3. The standard InChI is InChI=1S/C16H18O4/c1-3-20-15(19)16(10-11(2)17)9-8-12-6-4-5-7-13(12)14(16)18/h4-7H,3,8-10H2,1-2H3/t16-/m1/s1. The van der Waals surface area contributed by atoms with E-state index in [-0.39, 0.29) is 24.6 Å². The van der Waals surface area contributed by atoms with Gasteiger partial charge in [-0.05, 0) is 32.3 Å². The molecule has 0 N–H and O–H groups in total. The molecule has 0 unspecified atom stereocenters. The normalized spacial score (nSPS) is 21.2. The SMILES string of the molecule is CCOC(=O)[C@@]1(CC(C)=O)CCc2ccccc2C1=O. The Labute approximate surface area is 118 Å². The van der Waals surface area contributed by atoms with Gasteiger partial charge in [0.05, 0.1) is 6.61 Å². The molecule has 0 heterocycles. The largest absolute Gasteiger partial charge is 0.465 e.